The highest BCUT2D eigenvalue weighted by Gasteiger charge is 2.34. The van der Waals surface area contributed by atoms with Crippen molar-refractivity contribution in [2.24, 2.45) is 0 Å². The molecule has 0 radical (unpaired) electrons. The number of aliphatic carboxylic acids is 1. The monoisotopic (exact) mass is 312 g/mol. The van der Waals surface area contributed by atoms with E-state index in [1.807, 2.05) is 19.9 Å². The van der Waals surface area contributed by atoms with Crippen LogP contribution < -0.4 is 0 Å². The first-order chi connectivity index (χ1) is 9.84. The predicted octanol–water partition coefficient (Wildman–Crippen LogP) is 4.29. The molecule has 0 unspecified atom stereocenters. The molecule has 1 N–H and O–H groups in total. The number of rotatable bonds is 8. The minimum absolute atomic E-state index is 0.0838. The lowest BCUT2D eigenvalue weighted by atomic mass is 9.95. The fourth-order valence-corrected chi connectivity index (χ4v) is 3.46. The summed E-state index contributed by atoms with van der Waals surface area (Å²) >= 11 is 1.67. The molecule has 0 atom stereocenters. The molecule has 0 aromatic carbocycles. The van der Waals surface area contributed by atoms with E-state index in [1.165, 1.54) is 4.88 Å². The first kappa shape index (κ1) is 17.7. The van der Waals surface area contributed by atoms with Crippen LogP contribution in [0.5, 0.6) is 0 Å². The Labute approximate surface area is 130 Å². The van der Waals surface area contributed by atoms with Gasteiger partial charge in [0.1, 0.15) is 5.60 Å². The molecule has 21 heavy (non-hydrogen) atoms. The molecule has 118 valence electrons. The second-order valence-electron chi connectivity index (χ2n) is 5.43. The SMILES string of the molecule is CCC(CC)(OC(=O)CCC(=O)O)c1ccc(C(C)C)s1. The third-order valence-electron chi connectivity index (χ3n) is 3.64. The van der Waals surface area contributed by atoms with Gasteiger partial charge < -0.3 is 9.84 Å². The Kier molecular flexibility index (Phi) is 6.40. The number of carbonyl (C=O) groups excluding carboxylic acids is 1. The van der Waals surface area contributed by atoms with Crippen LogP contribution in [0.2, 0.25) is 0 Å². The maximum Gasteiger partial charge on any atom is 0.307 e. The Morgan fingerprint density at radius 1 is 1.24 bits per heavy atom. The van der Waals surface area contributed by atoms with E-state index >= 15 is 0 Å². The normalized spacial score (nSPS) is 11.7. The number of carbonyl (C=O) groups is 2. The van der Waals surface area contributed by atoms with Gasteiger partial charge in [-0.1, -0.05) is 27.7 Å². The van der Waals surface area contributed by atoms with Gasteiger partial charge in [-0.3, -0.25) is 9.59 Å². The average Bonchev–Trinajstić information content (AvgIpc) is 2.93. The van der Waals surface area contributed by atoms with Gasteiger partial charge in [-0.15, -0.1) is 11.3 Å². The molecule has 1 aromatic rings. The molecule has 0 fully saturated rings. The molecular formula is C16H24O4S. The molecular weight excluding hydrogens is 288 g/mol. The van der Waals surface area contributed by atoms with E-state index in [9.17, 15) is 9.59 Å². The summed E-state index contributed by atoms with van der Waals surface area (Å²) in [6, 6.07) is 4.10. The minimum Gasteiger partial charge on any atom is -0.481 e. The van der Waals surface area contributed by atoms with Crippen molar-refractivity contribution in [1.82, 2.24) is 0 Å². The summed E-state index contributed by atoms with van der Waals surface area (Å²) in [6.07, 6.45) is 1.09. The predicted molar refractivity (Wildman–Crippen MR) is 83.6 cm³/mol. The first-order valence-corrected chi connectivity index (χ1v) is 8.20. The summed E-state index contributed by atoms with van der Waals surface area (Å²) in [5.41, 5.74) is -0.632. The lowest BCUT2D eigenvalue weighted by molar-refractivity contribution is -0.163. The van der Waals surface area contributed by atoms with Crippen molar-refractivity contribution < 1.29 is 19.4 Å². The molecule has 0 bridgehead atoms. The van der Waals surface area contributed by atoms with Gasteiger partial charge in [0.05, 0.1) is 12.8 Å². The third-order valence-corrected chi connectivity index (χ3v) is 5.21. The molecule has 0 saturated heterocycles. The zero-order valence-corrected chi connectivity index (χ0v) is 14.0. The maximum absolute atomic E-state index is 11.9. The number of carboxylic acid groups (broad SMARTS) is 1. The van der Waals surface area contributed by atoms with Crippen molar-refractivity contribution in [3.63, 3.8) is 0 Å². The zero-order valence-electron chi connectivity index (χ0n) is 13.1. The van der Waals surface area contributed by atoms with Gasteiger partial charge in [-0.25, -0.2) is 0 Å². The van der Waals surface area contributed by atoms with Gasteiger partial charge in [-0.05, 0) is 30.9 Å². The third kappa shape index (κ3) is 4.56. The van der Waals surface area contributed by atoms with E-state index < -0.39 is 17.5 Å². The fraction of sp³-hybridized carbons (Fsp3) is 0.625. The van der Waals surface area contributed by atoms with E-state index in [4.69, 9.17) is 9.84 Å². The van der Waals surface area contributed by atoms with Crippen molar-refractivity contribution in [1.29, 1.82) is 0 Å². The van der Waals surface area contributed by atoms with Crippen LogP contribution in [0, 0.1) is 0 Å². The van der Waals surface area contributed by atoms with E-state index in [2.05, 4.69) is 19.9 Å². The van der Waals surface area contributed by atoms with Crippen LogP contribution in [0.1, 0.15) is 69.1 Å². The Bertz CT molecular complexity index is 486. The molecule has 1 rings (SSSR count). The Morgan fingerprint density at radius 2 is 1.86 bits per heavy atom. The van der Waals surface area contributed by atoms with Gasteiger partial charge in [-0.2, -0.15) is 0 Å². The lowest BCUT2D eigenvalue weighted by Gasteiger charge is -2.30. The molecule has 0 saturated carbocycles. The van der Waals surface area contributed by atoms with Crippen LogP contribution in [0.25, 0.3) is 0 Å². The van der Waals surface area contributed by atoms with Gasteiger partial charge in [0.15, 0.2) is 0 Å². The van der Waals surface area contributed by atoms with E-state index in [-0.39, 0.29) is 12.8 Å². The molecule has 0 aliphatic carbocycles. The van der Waals surface area contributed by atoms with Crippen molar-refractivity contribution in [3.8, 4) is 0 Å². The average molecular weight is 312 g/mol. The van der Waals surface area contributed by atoms with Crippen molar-refractivity contribution in [3.05, 3.63) is 21.9 Å². The van der Waals surface area contributed by atoms with E-state index in [1.54, 1.807) is 11.3 Å². The molecule has 5 heteroatoms. The number of thiophene rings is 1. The fourth-order valence-electron chi connectivity index (χ4n) is 2.18. The number of ether oxygens (including phenoxy) is 1. The van der Waals surface area contributed by atoms with E-state index in [0.29, 0.717) is 18.8 Å². The molecule has 0 aliphatic rings. The topological polar surface area (TPSA) is 63.6 Å². The number of hydrogen-bond acceptors (Lipinski definition) is 4. The van der Waals surface area contributed by atoms with Crippen LogP contribution in [-0.2, 0) is 19.9 Å². The Hall–Kier alpha value is -1.36. The Morgan fingerprint density at radius 3 is 2.29 bits per heavy atom. The largest absolute Gasteiger partial charge is 0.481 e. The second kappa shape index (κ2) is 7.59. The lowest BCUT2D eigenvalue weighted by Crippen LogP contribution is -2.30. The number of hydrogen-bond donors (Lipinski definition) is 1. The van der Waals surface area contributed by atoms with Crippen LogP contribution in [0.4, 0.5) is 0 Å². The summed E-state index contributed by atoms with van der Waals surface area (Å²) in [4.78, 5) is 24.8. The highest BCUT2D eigenvalue weighted by atomic mass is 32.1. The van der Waals surface area contributed by atoms with Crippen LogP contribution >= 0.6 is 11.3 Å². The summed E-state index contributed by atoms with van der Waals surface area (Å²) in [6.45, 7) is 8.24. The summed E-state index contributed by atoms with van der Waals surface area (Å²) in [5.74, 6) is -0.984. The number of carboxylic acids is 1. The van der Waals surface area contributed by atoms with E-state index in [0.717, 1.165) is 4.88 Å². The Balaban J connectivity index is 2.91. The molecule has 4 nitrogen and oxygen atoms in total. The highest BCUT2D eigenvalue weighted by Crippen LogP contribution is 2.39. The molecule has 0 spiro atoms. The van der Waals surface area contributed by atoms with Gasteiger partial charge in [0.25, 0.3) is 0 Å². The smallest absolute Gasteiger partial charge is 0.307 e. The summed E-state index contributed by atoms with van der Waals surface area (Å²) < 4.78 is 5.67. The summed E-state index contributed by atoms with van der Waals surface area (Å²) in [5, 5.41) is 8.65. The standard InChI is InChI=1S/C16H24O4S/c1-5-16(6-2,20-15(19)10-9-14(17)18)13-8-7-12(21-13)11(3)4/h7-8,11H,5-6,9-10H2,1-4H3,(H,17,18). The van der Waals surface area contributed by atoms with Crippen LogP contribution in [0.15, 0.2) is 12.1 Å². The number of esters is 1. The van der Waals surface area contributed by atoms with Gasteiger partial charge in [0, 0.05) is 9.75 Å². The molecule has 1 aromatic heterocycles. The molecule has 0 aliphatic heterocycles. The second-order valence-corrected chi connectivity index (χ2v) is 6.54. The molecule has 1 heterocycles. The maximum atomic E-state index is 11.9. The molecule has 0 amide bonds. The van der Waals surface area contributed by atoms with Crippen molar-refractivity contribution in [2.45, 2.75) is 64.9 Å². The first-order valence-electron chi connectivity index (χ1n) is 7.38. The van der Waals surface area contributed by atoms with Gasteiger partial charge in [0.2, 0.25) is 0 Å². The highest BCUT2D eigenvalue weighted by molar-refractivity contribution is 7.12. The zero-order chi connectivity index (χ0) is 16.0. The quantitative estimate of drug-likeness (QED) is 0.727. The summed E-state index contributed by atoms with van der Waals surface area (Å²) in [7, 11) is 0. The van der Waals surface area contributed by atoms with Crippen LogP contribution in [-0.4, -0.2) is 17.0 Å². The van der Waals surface area contributed by atoms with Gasteiger partial charge >= 0.3 is 11.9 Å². The van der Waals surface area contributed by atoms with Crippen LogP contribution in [0.3, 0.4) is 0 Å². The minimum atomic E-state index is -0.983. The van der Waals surface area contributed by atoms with Crippen molar-refractivity contribution in [2.75, 3.05) is 0 Å². The van der Waals surface area contributed by atoms with Crippen molar-refractivity contribution >= 4 is 23.3 Å².